The predicted molar refractivity (Wildman–Crippen MR) is 89.3 cm³/mol. The largest absolute Gasteiger partial charge is 0.367 e. The van der Waals surface area contributed by atoms with Crippen LogP contribution in [-0.2, 0) is 6.42 Å². The monoisotopic (exact) mass is 281 g/mol. The van der Waals surface area contributed by atoms with Gasteiger partial charge in [0.2, 0.25) is 0 Å². The molecule has 0 fully saturated rings. The van der Waals surface area contributed by atoms with E-state index in [0.29, 0.717) is 6.54 Å². The topological polar surface area (TPSA) is 20.3 Å². The third-order valence-corrected chi connectivity index (χ3v) is 3.83. The fourth-order valence-electron chi connectivity index (χ4n) is 2.55. The van der Waals surface area contributed by atoms with E-state index in [1.807, 2.05) is 36.2 Å². The molecule has 0 N–H and O–H groups in total. The average molecular weight is 281 g/mol. The second kappa shape index (κ2) is 6.57. The normalized spacial score (nSPS) is 10.5. The first-order valence-electron chi connectivity index (χ1n) is 7.41. The maximum absolute atomic E-state index is 12.4. The van der Waals surface area contributed by atoms with Gasteiger partial charge in [0.15, 0.2) is 5.78 Å². The minimum atomic E-state index is 0.153. The highest BCUT2D eigenvalue weighted by molar-refractivity contribution is 5.99. The Labute approximate surface area is 127 Å². The Balaban J connectivity index is 2.10. The molecule has 110 valence electrons. The quantitative estimate of drug-likeness (QED) is 0.766. The number of ketones is 1. The van der Waals surface area contributed by atoms with Crippen molar-refractivity contribution in [1.82, 2.24) is 0 Å². The molecule has 2 aromatic carbocycles. The third-order valence-electron chi connectivity index (χ3n) is 3.83. The van der Waals surface area contributed by atoms with E-state index in [-0.39, 0.29) is 5.78 Å². The number of aryl methyl sites for hydroxylation is 3. The smallest absolute Gasteiger partial charge is 0.182 e. The lowest BCUT2D eigenvalue weighted by Crippen LogP contribution is -2.26. The van der Waals surface area contributed by atoms with Crippen LogP contribution in [0.4, 0.5) is 5.69 Å². The molecule has 2 aromatic rings. The van der Waals surface area contributed by atoms with Gasteiger partial charge in [-0.3, -0.25) is 4.79 Å². The van der Waals surface area contributed by atoms with Crippen LogP contribution in [0.5, 0.6) is 0 Å². The summed E-state index contributed by atoms with van der Waals surface area (Å²) in [6.07, 6.45) is 0.997. The van der Waals surface area contributed by atoms with Gasteiger partial charge in [-0.15, -0.1) is 0 Å². The van der Waals surface area contributed by atoms with Crippen molar-refractivity contribution < 1.29 is 4.79 Å². The van der Waals surface area contributed by atoms with Gasteiger partial charge in [-0.25, -0.2) is 0 Å². The van der Waals surface area contributed by atoms with E-state index < -0.39 is 0 Å². The minimum Gasteiger partial charge on any atom is -0.367 e. The van der Waals surface area contributed by atoms with Crippen LogP contribution in [0.25, 0.3) is 0 Å². The van der Waals surface area contributed by atoms with Crippen LogP contribution in [0.2, 0.25) is 0 Å². The molecule has 0 atom stereocenters. The Kier molecular flexibility index (Phi) is 4.79. The molecule has 2 nitrogen and oxygen atoms in total. The lowest BCUT2D eigenvalue weighted by Gasteiger charge is -2.21. The number of nitrogens with zero attached hydrogens (tertiary/aromatic N) is 1. The van der Waals surface area contributed by atoms with E-state index in [4.69, 9.17) is 0 Å². The van der Waals surface area contributed by atoms with Crippen LogP contribution in [0.3, 0.4) is 0 Å². The van der Waals surface area contributed by atoms with Crippen LogP contribution in [0.15, 0.2) is 42.5 Å². The van der Waals surface area contributed by atoms with Gasteiger partial charge < -0.3 is 4.90 Å². The van der Waals surface area contributed by atoms with Crippen LogP contribution >= 0.6 is 0 Å². The molecule has 0 aliphatic rings. The van der Waals surface area contributed by atoms with Crippen molar-refractivity contribution in [2.75, 3.05) is 18.5 Å². The molecule has 0 spiro atoms. The van der Waals surface area contributed by atoms with Gasteiger partial charge >= 0.3 is 0 Å². The summed E-state index contributed by atoms with van der Waals surface area (Å²) in [7, 11) is 1.97. The van der Waals surface area contributed by atoms with Gasteiger partial charge in [0.1, 0.15) is 0 Å². The molecule has 0 aromatic heterocycles. The molecule has 2 rings (SSSR count). The van der Waals surface area contributed by atoms with Crippen molar-refractivity contribution in [3.05, 3.63) is 64.7 Å². The molecule has 0 amide bonds. The van der Waals surface area contributed by atoms with E-state index in [1.54, 1.807) is 0 Å². The van der Waals surface area contributed by atoms with Gasteiger partial charge in [0.05, 0.1) is 6.54 Å². The number of hydrogen-bond acceptors (Lipinski definition) is 2. The summed E-state index contributed by atoms with van der Waals surface area (Å²) in [5, 5.41) is 0. The molecular weight excluding hydrogens is 258 g/mol. The number of rotatable bonds is 5. The number of Topliss-reactive ketones (excluding diaryl/α,β-unsaturated/α-hetero) is 1. The van der Waals surface area contributed by atoms with Crippen LogP contribution in [-0.4, -0.2) is 19.4 Å². The lowest BCUT2D eigenvalue weighted by atomic mass is 10.1. The average Bonchev–Trinajstić information content (AvgIpc) is 2.47. The highest BCUT2D eigenvalue weighted by Gasteiger charge is 2.11. The van der Waals surface area contributed by atoms with Gasteiger partial charge in [-0.2, -0.15) is 0 Å². The van der Waals surface area contributed by atoms with Gasteiger partial charge in [-0.1, -0.05) is 48.9 Å². The minimum absolute atomic E-state index is 0.153. The second-order valence-electron chi connectivity index (χ2n) is 5.62. The summed E-state index contributed by atoms with van der Waals surface area (Å²) >= 11 is 0. The fourth-order valence-corrected chi connectivity index (χ4v) is 2.55. The van der Waals surface area contributed by atoms with Crippen molar-refractivity contribution in [3.63, 3.8) is 0 Å². The van der Waals surface area contributed by atoms with Crippen molar-refractivity contribution in [3.8, 4) is 0 Å². The van der Waals surface area contributed by atoms with E-state index in [1.165, 1.54) is 16.7 Å². The van der Waals surface area contributed by atoms with Crippen LogP contribution in [0.1, 0.15) is 34.0 Å². The maximum atomic E-state index is 12.4. The molecule has 0 unspecified atom stereocenters. The Morgan fingerprint density at radius 1 is 1.05 bits per heavy atom. The number of benzene rings is 2. The highest BCUT2D eigenvalue weighted by atomic mass is 16.1. The lowest BCUT2D eigenvalue weighted by molar-refractivity contribution is 0.100. The van der Waals surface area contributed by atoms with Crippen molar-refractivity contribution in [2.24, 2.45) is 0 Å². The summed E-state index contributed by atoms with van der Waals surface area (Å²) in [6.45, 7) is 6.68. The first-order chi connectivity index (χ1) is 10.0. The Morgan fingerprint density at radius 2 is 1.71 bits per heavy atom. The molecule has 0 heterocycles. The van der Waals surface area contributed by atoms with Gasteiger partial charge in [0, 0.05) is 18.3 Å². The third kappa shape index (κ3) is 3.72. The molecule has 0 saturated carbocycles. The molecule has 0 saturated heterocycles. The van der Waals surface area contributed by atoms with E-state index in [9.17, 15) is 4.79 Å². The van der Waals surface area contributed by atoms with Crippen molar-refractivity contribution in [1.29, 1.82) is 0 Å². The summed E-state index contributed by atoms with van der Waals surface area (Å²) in [6, 6.07) is 14.2. The first kappa shape index (κ1) is 15.3. The molecule has 2 heteroatoms. The van der Waals surface area contributed by atoms with Gasteiger partial charge in [-0.05, 0) is 37.5 Å². The fraction of sp³-hybridized carbons (Fsp3) is 0.316. The first-order valence-corrected chi connectivity index (χ1v) is 7.41. The molecule has 0 aliphatic carbocycles. The molecule has 0 bridgehead atoms. The second-order valence-corrected chi connectivity index (χ2v) is 5.62. The zero-order valence-electron chi connectivity index (χ0n) is 13.3. The zero-order valence-corrected chi connectivity index (χ0v) is 13.3. The molecule has 0 radical (unpaired) electrons. The van der Waals surface area contributed by atoms with E-state index >= 15 is 0 Å². The number of anilines is 1. The molecule has 21 heavy (non-hydrogen) atoms. The van der Waals surface area contributed by atoms with Gasteiger partial charge in [0.25, 0.3) is 0 Å². The number of hydrogen-bond donors (Lipinski definition) is 0. The molecule has 0 aliphatic heterocycles. The summed E-state index contributed by atoms with van der Waals surface area (Å²) < 4.78 is 0. The van der Waals surface area contributed by atoms with Crippen molar-refractivity contribution >= 4 is 11.5 Å². The summed E-state index contributed by atoms with van der Waals surface area (Å²) in [5.41, 5.74) is 5.59. The van der Waals surface area contributed by atoms with Crippen molar-refractivity contribution in [2.45, 2.75) is 27.2 Å². The zero-order chi connectivity index (χ0) is 15.4. The molecular formula is C19H23NO. The SMILES string of the molecule is CCc1ccc(C(=O)CN(C)c2ccc(C)cc2C)cc1. The van der Waals surface area contributed by atoms with E-state index in [0.717, 1.165) is 17.7 Å². The van der Waals surface area contributed by atoms with Crippen LogP contribution in [0, 0.1) is 13.8 Å². The maximum Gasteiger partial charge on any atom is 0.182 e. The highest BCUT2D eigenvalue weighted by Crippen LogP contribution is 2.20. The number of carbonyl (C=O) groups is 1. The van der Waals surface area contributed by atoms with E-state index in [2.05, 4.69) is 39.0 Å². The number of likely N-dealkylation sites (N-methyl/N-ethyl adjacent to an activating group) is 1. The predicted octanol–water partition coefficient (Wildman–Crippen LogP) is 4.18. The standard InChI is InChI=1S/C19H23NO/c1-5-16-7-9-17(10-8-16)19(21)13-20(4)18-11-6-14(2)12-15(18)3/h6-12H,5,13H2,1-4H3. The number of carbonyl (C=O) groups excluding carboxylic acids is 1. The Morgan fingerprint density at radius 3 is 2.29 bits per heavy atom. The Hall–Kier alpha value is -2.09. The summed E-state index contributed by atoms with van der Waals surface area (Å²) in [4.78, 5) is 14.4. The van der Waals surface area contributed by atoms with Crippen LogP contribution < -0.4 is 4.90 Å². The summed E-state index contributed by atoms with van der Waals surface area (Å²) in [5.74, 6) is 0.153. The Bertz CT molecular complexity index is 629.